The van der Waals surface area contributed by atoms with Gasteiger partial charge in [0.2, 0.25) is 0 Å². The van der Waals surface area contributed by atoms with Crippen LogP contribution >= 0.6 is 0 Å². The fourth-order valence-electron chi connectivity index (χ4n) is 3.18. The van der Waals surface area contributed by atoms with Crippen LogP contribution in [0.1, 0.15) is 116 Å². The SMILES string of the molecule is [CH2]CCCC=CCC(CC)CCCCCCCCCCCC[CH2]. The number of allylic oxidation sites excluding steroid dienone is 2. The van der Waals surface area contributed by atoms with Gasteiger partial charge in [0.25, 0.3) is 0 Å². The lowest BCUT2D eigenvalue weighted by atomic mass is 9.94. The Morgan fingerprint density at radius 1 is 0.652 bits per heavy atom. The standard InChI is InChI=1S/C23H44/c1-4-7-9-11-12-13-14-15-16-18-20-22-23(6-3)21-19-17-10-8-5-2/h17,19,23H,1-2,4-16,18,20-22H2,3H3. The van der Waals surface area contributed by atoms with E-state index >= 15 is 0 Å². The summed E-state index contributed by atoms with van der Waals surface area (Å²) in [6.45, 7) is 10.1. The Kier molecular flexibility index (Phi) is 19.6. The van der Waals surface area contributed by atoms with Crippen LogP contribution in [0.4, 0.5) is 0 Å². The fraction of sp³-hybridized carbons (Fsp3) is 0.826. The molecule has 1 atom stereocenters. The lowest BCUT2D eigenvalue weighted by Gasteiger charge is -2.12. The molecule has 0 saturated carbocycles. The predicted octanol–water partition coefficient (Wildman–Crippen LogP) is 8.48. The third kappa shape index (κ3) is 17.9. The molecule has 0 rings (SSSR count). The highest BCUT2D eigenvalue weighted by Crippen LogP contribution is 2.19. The summed E-state index contributed by atoms with van der Waals surface area (Å²) in [5.41, 5.74) is 0. The molecule has 0 aromatic carbocycles. The minimum atomic E-state index is 0.916. The summed E-state index contributed by atoms with van der Waals surface area (Å²) in [5, 5.41) is 0. The summed E-state index contributed by atoms with van der Waals surface area (Å²) in [6.07, 6.45) is 27.8. The molecule has 23 heavy (non-hydrogen) atoms. The van der Waals surface area contributed by atoms with E-state index in [1.54, 1.807) is 0 Å². The molecular weight excluding hydrogens is 276 g/mol. The maximum absolute atomic E-state index is 3.90. The van der Waals surface area contributed by atoms with Gasteiger partial charge in [-0.3, -0.25) is 0 Å². The Morgan fingerprint density at radius 3 is 1.70 bits per heavy atom. The van der Waals surface area contributed by atoms with Crippen molar-refractivity contribution in [3.63, 3.8) is 0 Å². The zero-order valence-corrected chi connectivity index (χ0v) is 16.2. The molecule has 0 bridgehead atoms. The van der Waals surface area contributed by atoms with Gasteiger partial charge in [0, 0.05) is 0 Å². The highest BCUT2D eigenvalue weighted by atomic mass is 14.1. The van der Waals surface area contributed by atoms with E-state index in [0.717, 1.165) is 18.8 Å². The normalized spacial score (nSPS) is 13.0. The second-order valence-electron chi connectivity index (χ2n) is 7.15. The monoisotopic (exact) mass is 320 g/mol. The van der Waals surface area contributed by atoms with Crippen LogP contribution in [0.3, 0.4) is 0 Å². The molecule has 0 nitrogen and oxygen atoms in total. The van der Waals surface area contributed by atoms with Gasteiger partial charge in [0.05, 0.1) is 0 Å². The lowest BCUT2D eigenvalue weighted by Crippen LogP contribution is -1.97. The molecule has 0 aliphatic heterocycles. The predicted molar refractivity (Wildman–Crippen MR) is 108 cm³/mol. The zero-order valence-electron chi connectivity index (χ0n) is 16.2. The van der Waals surface area contributed by atoms with Gasteiger partial charge >= 0.3 is 0 Å². The topological polar surface area (TPSA) is 0 Å². The minimum absolute atomic E-state index is 0.916. The van der Waals surface area contributed by atoms with Crippen LogP contribution in [-0.2, 0) is 0 Å². The molecule has 1 unspecified atom stereocenters. The van der Waals surface area contributed by atoms with E-state index in [2.05, 4.69) is 32.9 Å². The molecule has 0 aliphatic carbocycles. The molecule has 0 heteroatoms. The van der Waals surface area contributed by atoms with E-state index in [-0.39, 0.29) is 0 Å². The van der Waals surface area contributed by atoms with Crippen LogP contribution in [-0.4, -0.2) is 0 Å². The minimum Gasteiger partial charge on any atom is -0.0885 e. The smallest absolute Gasteiger partial charge is 0.0322 e. The second-order valence-corrected chi connectivity index (χ2v) is 7.15. The van der Waals surface area contributed by atoms with Crippen molar-refractivity contribution in [2.24, 2.45) is 5.92 Å². The average Bonchev–Trinajstić information content (AvgIpc) is 2.57. The van der Waals surface area contributed by atoms with Crippen LogP contribution in [0.15, 0.2) is 12.2 Å². The van der Waals surface area contributed by atoms with Gasteiger partial charge in [0.15, 0.2) is 0 Å². The van der Waals surface area contributed by atoms with E-state index in [4.69, 9.17) is 0 Å². The zero-order chi connectivity index (χ0) is 17.0. The summed E-state index contributed by atoms with van der Waals surface area (Å²) < 4.78 is 0. The van der Waals surface area contributed by atoms with Crippen molar-refractivity contribution in [2.75, 3.05) is 0 Å². The lowest BCUT2D eigenvalue weighted by molar-refractivity contribution is 0.440. The number of hydrogen-bond acceptors (Lipinski definition) is 0. The van der Waals surface area contributed by atoms with Gasteiger partial charge in [-0.05, 0) is 25.2 Å². The first-order chi connectivity index (χ1) is 11.3. The van der Waals surface area contributed by atoms with Crippen LogP contribution in [0, 0.1) is 19.8 Å². The van der Waals surface area contributed by atoms with E-state index in [1.165, 1.54) is 96.3 Å². The van der Waals surface area contributed by atoms with Crippen LogP contribution in [0.25, 0.3) is 0 Å². The van der Waals surface area contributed by atoms with E-state index in [9.17, 15) is 0 Å². The Bertz CT molecular complexity index is 228. The first-order valence-electron chi connectivity index (χ1n) is 10.6. The van der Waals surface area contributed by atoms with E-state index < -0.39 is 0 Å². The molecule has 0 heterocycles. The number of unbranched alkanes of at least 4 members (excludes halogenated alkanes) is 12. The highest BCUT2D eigenvalue weighted by molar-refractivity contribution is 4.83. The summed E-state index contributed by atoms with van der Waals surface area (Å²) in [7, 11) is 0. The largest absolute Gasteiger partial charge is 0.0885 e. The number of rotatable bonds is 18. The van der Waals surface area contributed by atoms with Crippen LogP contribution in [0.5, 0.6) is 0 Å². The van der Waals surface area contributed by atoms with Gasteiger partial charge in [-0.2, -0.15) is 0 Å². The molecule has 0 fully saturated rings. The molecule has 0 aliphatic rings. The molecule has 0 aromatic heterocycles. The molecule has 0 spiro atoms. The van der Waals surface area contributed by atoms with Crippen molar-refractivity contribution >= 4 is 0 Å². The van der Waals surface area contributed by atoms with Gasteiger partial charge in [-0.1, -0.05) is 123 Å². The Hall–Kier alpha value is -0.260. The summed E-state index contributed by atoms with van der Waals surface area (Å²) in [6, 6.07) is 0. The highest BCUT2D eigenvalue weighted by Gasteiger charge is 2.03. The maximum atomic E-state index is 3.90. The van der Waals surface area contributed by atoms with Gasteiger partial charge in [-0.25, -0.2) is 0 Å². The maximum Gasteiger partial charge on any atom is -0.0322 e. The first-order valence-corrected chi connectivity index (χ1v) is 10.6. The van der Waals surface area contributed by atoms with Crippen LogP contribution in [0.2, 0.25) is 0 Å². The van der Waals surface area contributed by atoms with Crippen molar-refractivity contribution in [2.45, 2.75) is 116 Å². The molecule has 136 valence electrons. The van der Waals surface area contributed by atoms with Crippen molar-refractivity contribution in [3.8, 4) is 0 Å². The van der Waals surface area contributed by atoms with Crippen molar-refractivity contribution in [3.05, 3.63) is 26.0 Å². The van der Waals surface area contributed by atoms with Crippen molar-refractivity contribution in [1.82, 2.24) is 0 Å². The molecule has 0 amide bonds. The third-order valence-corrected chi connectivity index (χ3v) is 4.95. The fourth-order valence-corrected chi connectivity index (χ4v) is 3.18. The van der Waals surface area contributed by atoms with Gasteiger partial charge in [-0.15, -0.1) is 0 Å². The number of hydrogen-bond donors (Lipinski definition) is 0. The first kappa shape index (κ1) is 22.7. The molecule has 2 radical (unpaired) electrons. The van der Waals surface area contributed by atoms with Crippen molar-refractivity contribution < 1.29 is 0 Å². The average molecular weight is 321 g/mol. The quantitative estimate of drug-likeness (QED) is 0.175. The molecule has 0 N–H and O–H groups in total. The van der Waals surface area contributed by atoms with Gasteiger partial charge in [0.1, 0.15) is 0 Å². The summed E-state index contributed by atoms with van der Waals surface area (Å²) in [5.74, 6) is 0.916. The molecular formula is C23H44. The van der Waals surface area contributed by atoms with Crippen LogP contribution < -0.4 is 0 Å². The van der Waals surface area contributed by atoms with Gasteiger partial charge < -0.3 is 0 Å². The summed E-state index contributed by atoms with van der Waals surface area (Å²) in [4.78, 5) is 0. The Balaban J connectivity index is 3.32. The third-order valence-electron chi connectivity index (χ3n) is 4.95. The van der Waals surface area contributed by atoms with Crippen molar-refractivity contribution in [1.29, 1.82) is 0 Å². The Labute approximate surface area is 148 Å². The molecule has 0 aromatic rings. The second kappa shape index (κ2) is 19.8. The molecule has 0 saturated heterocycles. The summed E-state index contributed by atoms with van der Waals surface area (Å²) >= 11 is 0. The Morgan fingerprint density at radius 2 is 1.17 bits per heavy atom. The van der Waals surface area contributed by atoms with E-state index in [0.29, 0.717) is 0 Å². The van der Waals surface area contributed by atoms with E-state index in [1.807, 2.05) is 0 Å².